The van der Waals surface area contributed by atoms with Gasteiger partial charge in [0.1, 0.15) is 11.5 Å². The molecule has 1 fully saturated rings. The standard InChI is InChI=1S/C25H28Cl2N2O5/c1-14(2)34-17-8-6-15(7-9-17)21-20(23(31)25(32)29(21)11-10-28(3)4)22(30)16-12-18(26)24(33-5)19(27)13-16/h6-9,12-14,21,30H,10-11H2,1-5H3/b22-20+. The van der Waals surface area contributed by atoms with Crippen LogP contribution in [0, 0.1) is 0 Å². The third-order valence-corrected chi connectivity index (χ3v) is 5.93. The number of aliphatic hydroxyl groups excluding tert-OH is 1. The van der Waals surface area contributed by atoms with Gasteiger partial charge < -0.3 is 24.4 Å². The van der Waals surface area contributed by atoms with E-state index in [0.29, 0.717) is 24.4 Å². The van der Waals surface area contributed by atoms with Crippen LogP contribution in [0.4, 0.5) is 0 Å². The fourth-order valence-electron chi connectivity index (χ4n) is 3.81. The molecule has 2 aromatic rings. The molecule has 1 unspecified atom stereocenters. The Bertz CT molecular complexity index is 1090. The number of likely N-dealkylation sites (N-methyl/N-ethyl adjacent to an activating group) is 1. The average Bonchev–Trinajstić information content (AvgIpc) is 3.01. The van der Waals surface area contributed by atoms with Crippen LogP contribution in [0.25, 0.3) is 5.76 Å². The smallest absolute Gasteiger partial charge is 0.295 e. The number of hydrogen-bond donors (Lipinski definition) is 1. The summed E-state index contributed by atoms with van der Waals surface area (Å²) in [5.74, 6) is -0.889. The highest BCUT2D eigenvalue weighted by atomic mass is 35.5. The third kappa shape index (κ3) is 5.32. The Morgan fingerprint density at radius 3 is 2.21 bits per heavy atom. The van der Waals surface area contributed by atoms with Gasteiger partial charge in [-0.05, 0) is 57.8 Å². The number of methoxy groups -OCH3 is 1. The normalized spacial score (nSPS) is 17.7. The number of halogens is 2. The Labute approximate surface area is 209 Å². The maximum absolute atomic E-state index is 13.1. The van der Waals surface area contributed by atoms with Crippen molar-refractivity contribution in [1.82, 2.24) is 9.80 Å². The predicted molar refractivity (Wildman–Crippen MR) is 133 cm³/mol. The quantitative estimate of drug-likeness (QED) is 0.315. The molecule has 9 heteroatoms. The van der Waals surface area contributed by atoms with Crippen molar-refractivity contribution < 1.29 is 24.2 Å². The minimum Gasteiger partial charge on any atom is -0.507 e. The molecule has 1 atom stereocenters. The lowest BCUT2D eigenvalue weighted by molar-refractivity contribution is -0.140. The van der Waals surface area contributed by atoms with Crippen LogP contribution in [-0.2, 0) is 9.59 Å². The van der Waals surface area contributed by atoms with Crippen molar-refractivity contribution in [3.63, 3.8) is 0 Å². The van der Waals surface area contributed by atoms with Gasteiger partial charge in [0.05, 0.1) is 34.9 Å². The fourth-order valence-corrected chi connectivity index (χ4v) is 4.45. The number of amides is 1. The number of Topliss-reactive ketones (excluding diaryl/α,β-unsaturated/α-hetero) is 1. The van der Waals surface area contributed by atoms with Crippen molar-refractivity contribution in [3.8, 4) is 11.5 Å². The Morgan fingerprint density at radius 2 is 1.71 bits per heavy atom. The summed E-state index contributed by atoms with van der Waals surface area (Å²) < 4.78 is 10.9. The number of carbonyl (C=O) groups excluding carboxylic acids is 2. The number of nitrogens with zero attached hydrogens (tertiary/aromatic N) is 2. The van der Waals surface area contributed by atoms with E-state index < -0.39 is 17.7 Å². The maximum atomic E-state index is 13.1. The lowest BCUT2D eigenvalue weighted by Crippen LogP contribution is -2.35. The van der Waals surface area contributed by atoms with E-state index in [1.807, 2.05) is 32.8 Å². The SMILES string of the molecule is COc1c(Cl)cc(/C(O)=C2\C(=O)C(=O)N(CCN(C)C)C2c2ccc(OC(C)C)cc2)cc1Cl. The van der Waals surface area contributed by atoms with Crippen molar-refractivity contribution in [1.29, 1.82) is 0 Å². The van der Waals surface area contributed by atoms with Gasteiger partial charge in [-0.15, -0.1) is 0 Å². The second kappa shape index (κ2) is 10.7. The molecule has 34 heavy (non-hydrogen) atoms. The van der Waals surface area contributed by atoms with Gasteiger partial charge in [0.15, 0.2) is 5.75 Å². The van der Waals surface area contributed by atoms with Gasteiger partial charge in [-0.3, -0.25) is 9.59 Å². The van der Waals surface area contributed by atoms with Crippen molar-refractivity contribution in [2.45, 2.75) is 26.0 Å². The van der Waals surface area contributed by atoms with Crippen LogP contribution in [0.3, 0.4) is 0 Å². The zero-order valence-electron chi connectivity index (χ0n) is 19.8. The molecule has 1 N–H and O–H groups in total. The molecule has 0 aromatic heterocycles. The molecule has 2 aromatic carbocycles. The highest BCUT2D eigenvalue weighted by molar-refractivity contribution is 6.46. The van der Waals surface area contributed by atoms with Gasteiger partial charge in [0.25, 0.3) is 11.7 Å². The maximum Gasteiger partial charge on any atom is 0.295 e. The summed E-state index contributed by atoms with van der Waals surface area (Å²) in [5, 5.41) is 11.6. The van der Waals surface area contributed by atoms with Gasteiger partial charge in [-0.25, -0.2) is 0 Å². The molecule has 0 spiro atoms. The summed E-state index contributed by atoms with van der Waals surface area (Å²) in [7, 11) is 5.19. The highest BCUT2D eigenvalue weighted by Gasteiger charge is 2.46. The van der Waals surface area contributed by atoms with Crippen LogP contribution in [0.15, 0.2) is 42.0 Å². The summed E-state index contributed by atoms with van der Waals surface area (Å²) in [6.45, 7) is 4.69. The minimum atomic E-state index is -0.785. The third-order valence-electron chi connectivity index (χ3n) is 5.37. The number of ether oxygens (including phenoxy) is 2. The number of rotatable bonds is 8. The minimum absolute atomic E-state index is 0.00106. The Balaban J connectivity index is 2.14. The van der Waals surface area contributed by atoms with Crippen LogP contribution in [0.5, 0.6) is 11.5 Å². The van der Waals surface area contributed by atoms with Gasteiger partial charge in [-0.1, -0.05) is 35.3 Å². The first-order chi connectivity index (χ1) is 16.0. The van der Waals surface area contributed by atoms with Crippen LogP contribution in [-0.4, -0.2) is 67.0 Å². The Kier molecular flexibility index (Phi) is 8.13. The first-order valence-electron chi connectivity index (χ1n) is 10.8. The number of carbonyl (C=O) groups is 2. The molecule has 1 aliphatic rings. The number of ketones is 1. The van der Waals surface area contributed by atoms with E-state index in [9.17, 15) is 14.7 Å². The van der Waals surface area contributed by atoms with E-state index in [-0.39, 0.29) is 38.8 Å². The molecule has 1 heterocycles. The first-order valence-corrected chi connectivity index (χ1v) is 11.5. The summed E-state index contributed by atoms with van der Waals surface area (Å²) in [6, 6.07) is 9.26. The first kappa shape index (κ1) is 25.9. The topological polar surface area (TPSA) is 79.3 Å². The number of aliphatic hydroxyl groups is 1. The van der Waals surface area contributed by atoms with Gasteiger partial charge in [0.2, 0.25) is 0 Å². The number of benzene rings is 2. The fraction of sp³-hybridized carbons (Fsp3) is 0.360. The summed E-state index contributed by atoms with van der Waals surface area (Å²) >= 11 is 12.5. The van der Waals surface area contributed by atoms with E-state index in [1.165, 1.54) is 24.1 Å². The molecular weight excluding hydrogens is 479 g/mol. The van der Waals surface area contributed by atoms with Crippen molar-refractivity contribution >= 4 is 40.7 Å². The van der Waals surface area contributed by atoms with Crippen LogP contribution < -0.4 is 9.47 Å². The Morgan fingerprint density at radius 1 is 1.12 bits per heavy atom. The summed E-state index contributed by atoms with van der Waals surface area (Å²) in [6.07, 6.45) is 0.00106. The molecule has 0 radical (unpaired) electrons. The van der Waals surface area contributed by atoms with E-state index in [4.69, 9.17) is 32.7 Å². The second-order valence-corrected chi connectivity index (χ2v) is 9.32. The van der Waals surface area contributed by atoms with Crippen LogP contribution in [0.1, 0.15) is 31.0 Å². The number of hydrogen-bond acceptors (Lipinski definition) is 6. The molecular formula is C25H28Cl2N2O5. The molecule has 3 rings (SSSR count). The van der Waals surface area contributed by atoms with E-state index in [1.54, 1.807) is 24.3 Å². The highest BCUT2D eigenvalue weighted by Crippen LogP contribution is 2.42. The van der Waals surface area contributed by atoms with Gasteiger partial charge in [-0.2, -0.15) is 0 Å². The van der Waals surface area contributed by atoms with Gasteiger partial charge in [0, 0.05) is 18.7 Å². The average molecular weight is 507 g/mol. The number of likely N-dealkylation sites (tertiary alicyclic amines) is 1. The second-order valence-electron chi connectivity index (χ2n) is 8.50. The monoisotopic (exact) mass is 506 g/mol. The predicted octanol–water partition coefficient (Wildman–Crippen LogP) is 4.77. The Hall–Kier alpha value is -2.74. The van der Waals surface area contributed by atoms with Gasteiger partial charge >= 0.3 is 0 Å². The summed E-state index contributed by atoms with van der Waals surface area (Å²) in [4.78, 5) is 29.5. The van der Waals surface area contributed by atoms with E-state index in [0.717, 1.165) is 0 Å². The van der Waals surface area contributed by atoms with Crippen LogP contribution in [0.2, 0.25) is 10.0 Å². The summed E-state index contributed by atoms with van der Waals surface area (Å²) in [5.41, 5.74) is 0.853. The molecule has 182 valence electrons. The molecule has 1 amide bonds. The molecule has 0 aliphatic carbocycles. The molecule has 1 saturated heterocycles. The largest absolute Gasteiger partial charge is 0.507 e. The molecule has 0 saturated carbocycles. The zero-order chi connectivity index (χ0) is 25.2. The molecule has 1 aliphatic heterocycles. The van der Waals surface area contributed by atoms with Crippen molar-refractivity contribution in [2.75, 3.05) is 34.3 Å². The zero-order valence-corrected chi connectivity index (χ0v) is 21.3. The van der Waals surface area contributed by atoms with E-state index >= 15 is 0 Å². The van der Waals surface area contributed by atoms with E-state index in [2.05, 4.69) is 0 Å². The lowest BCUT2D eigenvalue weighted by atomic mass is 9.95. The van der Waals surface area contributed by atoms with Crippen LogP contribution >= 0.6 is 23.2 Å². The lowest BCUT2D eigenvalue weighted by Gasteiger charge is -2.26. The molecule has 7 nitrogen and oxygen atoms in total. The molecule has 0 bridgehead atoms. The van der Waals surface area contributed by atoms with Crippen molar-refractivity contribution in [3.05, 3.63) is 63.1 Å². The van der Waals surface area contributed by atoms with Crippen molar-refractivity contribution in [2.24, 2.45) is 0 Å².